The zero-order chi connectivity index (χ0) is 18.5. The van der Waals surface area contributed by atoms with Crippen LogP contribution in [0.1, 0.15) is 5.56 Å². The van der Waals surface area contributed by atoms with Crippen molar-refractivity contribution in [1.82, 2.24) is 10.4 Å². The van der Waals surface area contributed by atoms with E-state index in [9.17, 15) is 20.0 Å². The van der Waals surface area contributed by atoms with Crippen molar-refractivity contribution in [1.29, 1.82) is 0 Å². The van der Waals surface area contributed by atoms with Crippen LogP contribution in [0.3, 0.4) is 0 Å². The predicted molar refractivity (Wildman–Crippen MR) is 98.6 cm³/mol. The normalized spacial score (nSPS) is 11.1. The van der Waals surface area contributed by atoms with Crippen LogP contribution in [0.2, 0.25) is 0 Å². The van der Waals surface area contributed by atoms with Gasteiger partial charge in [-0.3, -0.25) is 14.9 Å². The number of fused-ring (bicyclic) bond motifs is 1. The van der Waals surface area contributed by atoms with Gasteiger partial charge in [0, 0.05) is 6.07 Å². The van der Waals surface area contributed by atoms with Gasteiger partial charge in [0.05, 0.1) is 27.1 Å². The molecule has 0 bridgehead atoms. The van der Waals surface area contributed by atoms with Crippen LogP contribution in [-0.2, 0) is 4.79 Å². The van der Waals surface area contributed by atoms with E-state index in [1.54, 1.807) is 0 Å². The number of carbonyl (C=O) groups is 1. The molecule has 0 spiro atoms. The zero-order valence-corrected chi connectivity index (χ0v) is 14.8. The number of thiazole rings is 1. The topological polar surface area (TPSA) is 121 Å². The van der Waals surface area contributed by atoms with Gasteiger partial charge < -0.3 is 5.11 Å². The monoisotopic (exact) mass is 387 g/mol. The first-order valence-electron chi connectivity index (χ1n) is 7.29. The first-order chi connectivity index (χ1) is 12.5. The number of carbonyl (C=O) groups excluding carboxylic acids is 1. The molecule has 2 aromatic carbocycles. The summed E-state index contributed by atoms with van der Waals surface area (Å²) in [6.07, 6.45) is 1.09. The number of nitro groups is 1. The molecule has 3 aromatic rings. The SMILES string of the molecule is O=C(CSc1nc2ccccc2s1)NN=Cc1cccc([N+](=O)[O-])c1[O-]. The lowest BCUT2D eigenvalue weighted by molar-refractivity contribution is -0.398. The average Bonchev–Trinajstić information content (AvgIpc) is 3.04. The highest BCUT2D eigenvalue weighted by atomic mass is 32.2. The van der Waals surface area contributed by atoms with Crippen molar-refractivity contribution in [3.05, 3.63) is 58.1 Å². The first kappa shape index (κ1) is 17.8. The molecule has 1 amide bonds. The molecular weight excluding hydrogens is 376 g/mol. The number of para-hydroxylation sites is 2. The largest absolute Gasteiger partial charge is 0.867 e. The Morgan fingerprint density at radius 2 is 2.12 bits per heavy atom. The molecule has 0 unspecified atom stereocenters. The van der Waals surface area contributed by atoms with Crippen LogP contribution in [0.4, 0.5) is 5.69 Å². The Hall–Kier alpha value is -2.98. The molecule has 0 aliphatic carbocycles. The van der Waals surface area contributed by atoms with Gasteiger partial charge in [-0.25, -0.2) is 10.4 Å². The number of nitrogens with one attached hydrogen (secondary N) is 1. The standard InChI is InChI=1S/C16H12N4O4S2/c21-14(9-25-16-18-11-5-1-2-7-13(11)26-16)19-17-8-10-4-3-6-12(15(10)22)20(23)24/h1-8,22H,9H2,(H,19,21)/p-1. The number of hydrazone groups is 1. The molecule has 0 saturated heterocycles. The van der Waals surface area contributed by atoms with Crippen LogP contribution in [-0.4, -0.2) is 27.8 Å². The Bertz CT molecular complexity index is 970. The van der Waals surface area contributed by atoms with E-state index in [0.29, 0.717) is 0 Å². The van der Waals surface area contributed by atoms with E-state index in [-0.39, 0.29) is 17.2 Å². The van der Waals surface area contributed by atoms with Gasteiger partial charge >= 0.3 is 0 Å². The van der Waals surface area contributed by atoms with Crippen molar-refractivity contribution in [2.75, 3.05) is 5.75 Å². The van der Waals surface area contributed by atoms with Crippen LogP contribution in [0, 0.1) is 10.1 Å². The van der Waals surface area contributed by atoms with Gasteiger partial charge in [-0.05, 0) is 23.4 Å². The van der Waals surface area contributed by atoms with E-state index >= 15 is 0 Å². The minimum absolute atomic E-state index is 0.0262. The molecule has 0 aliphatic rings. The number of rotatable bonds is 6. The van der Waals surface area contributed by atoms with E-state index < -0.39 is 16.4 Å². The predicted octanol–water partition coefficient (Wildman–Crippen LogP) is 2.52. The van der Waals surface area contributed by atoms with Crippen molar-refractivity contribution < 1.29 is 14.8 Å². The number of benzene rings is 2. The highest BCUT2D eigenvalue weighted by Crippen LogP contribution is 2.29. The van der Waals surface area contributed by atoms with Gasteiger partial charge in [0.25, 0.3) is 11.6 Å². The lowest BCUT2D eigenvalue weighted by atomic mass is 10.2. The van der Waals surface area contributed by atoms with Crippen molar-refractivity contribution in [3.8, 4) is 5.75 Å². The molecule has 10 heteroatoms. The van der Waals surface area contributed by atoms with Crippen molar-refractivity contribution in [2.45, 2.75) is 4.34 Å². The number of nitrogens with zero attached hydrogens (tertiary/aromatic N) is 3. The minimum Gasteiger partial charge on any atom is -0.867 e. The number of hydrogen-bond acceptors (Lipinski definition) is 8. The average molecular weight is 387 g/mol. The second-order valence-electron chi connectivity index (χ2n) is 4.98. The summed E-state index contributed by atoms with van der Waals surface area (Å²) < 4.78 is 1.81. The summed E-state index contributed by atoms with van der Waals surface area (Å²) in [4.78, 5) is 26.2. The second-order valence-corrected chi connectivity index (χ2v) is 7.24. The van der Waals surface area contributed by atoms with Crippen molar-refractivity contribution in [3.63, 3.8) is 0 Å². The lowest BCUT2D eigenvalue weighted by Crippen LogP contribution is -2.19. The van der Waals surface area contributed by atoms with Crippen LogP contribution in [0.25, 0.3) is 10.2 Å². The molecule has 8 nitrogen and oxygen atoms in total. The quantitative estimate of drug-likeness (QED) is 0.300. The molecule has 0 atom stereocenters. The van der Waals surface area contributed by atoms with Gasteiger partial charge in [0.15, 0.2) is 4.34 Å². The molecule has 0 fully saturated rings. The number of amides is 1. The molecule has 1 N–H and O–H groups in total. The Balaban J connectivity index is 1.56. The highest BCUT2D eigenvalue weighted by Gasteiger charge is 2.09. The first-order valence-corrected chi connectivity index (χ1v) is 9.09. The van der Waals surface area contributed by atoms with E-state index in [4.69, 9.17) is 0 Å². The van der Waals surface area contributed by atoms with E-state index in [1.807, 2.05) is 24.3 Å². The molecule has 0 radical (unpaired) electrons. The Morgan fingerprint density at radius 3 is 2.88 bits per heavy atom. The summed E-state index contributed by atoms with van der Waals surface area (Å²) in [5, 5.41) is 26.2. The van der Waals surface area contributed by atoms with Crippen LogP contribution in [0.15, 0.2) is 51.9 Å². The number of nitro benzene ring substituents is 1. The number of thioether (sulfide) groups is 1. The minimum atomic E-state index is -0.757. The molecule has 1 aromatic heterocycles. The molecule has 132 valence electrons. The Kier molecular flexibility index (Phi) is 5.44. The summed E-state index contributed by atoms with van der Waals surface area (Å²) >= 11 is 2.77. The lowest BCUT2D eigenvalue weighted by Gasteiger charge is -2.09. The fourth-order valence-corrected chi connectivity index (χ4v) is 3.89. The molecule has 0 aliphatic heterocycles. The van der Waals surface area contributed by atoms with Crippen molar-refractivity contribution in [2.24, 2.45) is 5.10 Å². The third-order valence-electron chi connectivity index (χ3n) is 3.22. The molecule has 3 rings (SSSR count). The fourth-order valence-electron chi connectivity index (χ4n) is 2.03. The third kappa shape index (κ3) is 4.16. The van der Waals surface area contributed by atoms with Crippen LogP contribution >= 0.6 is 23.1 Å². The maximum atomic E-state index is 11.8. The van der Waals surface area contributed by atoms with E-state index in [2.05, 4.69) is 15.5 Å². The smallest absolute Gasteiger partial charge is 0.262 e. The maximum absolute atomic E-state index is 11.8. The summed E-state index contributed by atoms with van der Waals surface area (Å²) in [6.45, 7) is 0. The van der Waals surface area contributed by atoms with Gasteiger partial charge in [0.1, 0.15) is 0 Å². The van der Waals surface area contributed by atoms with Crippen LogP contribution in [0.5, 0.6) is 5.75 Å². The summed E-state index contributed by atoms with van der Waals surface area (Å²) in [5.41, 5.74) is 2.66. The second kappa shape index (κ2) is 7.93. The van der Waals surface area contributed by atoms with Gasteiger partial charge in [-0.2, -0.15) is 5.10 Å². The number of aromatic nitrogens is 1. The molecule has 1 heterocycles. The summed E-state index contributed by atoms with van der Waals surface area (Å²) in [6, 6.07) is 11.6. The van der Waals surface area contributed by atoms with Gasteiger partial charge in [-0.1, -0.05) is 36.0 Å². The van der Waals surface area contributed by atoms with Crippen LogP contribution < -0.4 is 10.5 Å². The number of hydrogen-bond donors (Lipinski definition) is 1. The Labute approximate surface area is 155 Å². The van der Waals surface area contributed by atoms with Gasteiger partial charge in [0.2, 0.25) is 0 Å². The van der Waals surface area contributed by atoms with E-state index in [0.717, 1.165) is 26.8 Å². The summed E-state index contributed by atoms with van der Waals surface area (Å²) in [7, 11) is 0. The third-order valence-corrected chi connectivity index (χ3v) is 5.39. The summed E-state index contributed by atoms with van der Waals surface area (Å²) in [5.74, 6) is -1.01. The molecule has 0 saturated carbocycles. The van der Waals surface area contributed by atoms with Gasteiger partial charge in [-0.15, -0.1) is 11.3 Å². The molecular formula is C16H11N4O4S2-. The maximum Gasteiger partial charge on any atom is 0.262 e. The zero-order valence-electron chi connectivity index (χ0n) is 13.1. The Morgan fingerprint density at radius 1 is 1.31 bits per heavy atom. The fraction of sp³-hybridized carbons (Fsp3) is 0.0625. The molecule has 26 heavy (non-hydrogen) atoms. The highest BCUT2D eigenvalue weighted by molar-refractivity contribution is 8.01. The van der Waals surface area contributed by atoms with Crippen molar-refractivity contribution >= 4 is 51.1 Å². The van der Waals surface area contributed by atoms with E-state index in [1.165, 1.54) is 35.2 Å².